The standard InChI is InChI=1S/C15H29NO3/c1-5-6-15(13(17)18)8-11-16(12-9-15)10-7-14(2,3)19-4/h5-12H2,1-4H3,(H,17,18). The van der Waals surface area contributed by atoms with Gasteiger partial charge >= 0.3 is 5.97 Å². The summed E-state index contributed by atoms with van der Waals surface area (Å²) in [5, 5.41) is 9.46. The predicted molar refractivity (Wildman–Crippen MR) is 76.4 cm³/mol. The Balaban J connectivity index is 2.45. The molecule has 112 valence electrons. The minimum atomic E-state index is -0.605. The van der Waals surface area contributed by atoms with Crippen molar-refractivity contribution < 1.29 is 14.6 Å². The summed E-state index contributed by atoms with van der Waals surface area (Å²) in [6.07, 6.45) is 4.30. The summed E-state index contributed by atoms with van der Waals surface area (Å²) in [6.45, 7) is 9.03. The van der Waals surface area contributed by atoms with Gasteiger partial charge < -0.3 is 14.7 Å². The number of methoxy groups -OCH3 is 1. The van der Waals surface area contributed by atoms with Crippen molar-refractivity contribution in [3.8, 4) is 0 Å². The van der Waals surface area contributed by atoms with Crippen LogP contribution in [0.2, 0.25) is 0 Å². The van der Waals surface area contributed by atoms with Crippen molar-refractivity contribution in [1.29, 1.82) is 0 Å². The number of rotatable bonds is 7. The summed E-state index contributed by atoms with van der Waals surface area (Å²) in [7, 11) is 1.74. The van der Waals surface area contributed by atoms with Gasteiger partial charge in [0.25, 0.3) is 0 Å². The lowest BCUT2D eigenvalue weighted by atomic mass is 9.75. The molecule has 1 aliphatic heterocycles. The number of likely N-dealkylation sites (tertiary alicyclic amines) is 1. The first kappa shape index (κ1) is 16.4. The lowest BCUT2D eigenvalue weighted by Gasteiger charge is -2.39. The molecule has 1 fully saturated rings. The molecule has 1 aliphatic rings. The molecule has 0 saturated carbocycles. The van der Waals surface area contributed by atoms with Crippen LogP contribution in [0.1, 0.15) is 52.9 Å². The molecule has 0 bridgehead atoms. The third-order valence-corrected chi connectivity index (χ3v) is 4.58. The third kappa shape index (κ3) is 4.46. The first-order valence-electron chi connectivity index (χ1n) is 7.36. The highest BCUT2D eigenvalue weighted by Crippen LogP contribution is 2.36. The van der Waals surface area contributed by atoms with Crippen LogP contribution in [-0.4, -0.2) is 48.3 Å². The second kappa shape index (κ2) is 6.71. The normalized spacial score (nSPS) is 20.4. The number of carbonyl (C=O) groups is 1. The first-order chi connectivity index (χ1) is 8.85. The zero-order valence-corrected chi connectivity index (χ0v) is 12.9. The Morgan fingerprint density at radius 3 is 2.37 bits per heavy atom. The van der Waals surface area contributed by atoms with Crippen molar-refractivity contribution in [2.45, 2.75) is 58.5 Å². The van der Waals surface area contributed by atoms with Crippen LogP contribution >= 0.6 is 0 Å². The van der Waals surface area contributed by atoms with E-state index in [-0.39, 0.29) is 5.60 Å². The molecule has 0 radical (unpaired) electrons. The summed E-state index contributed by atoms with van der Waals surface area (Å²) < 4.78 is 5.43. The maximum atomic E-state index is 11.5. The minimum absolute atomic E-state index is 0.0925. The van der Waals surface area contributed by atoms with E-state index >= 15 is 0 Å². The van der Waals surface area contributed by atoms with Gasteiger partial charge in [0.2, 0.25) is 0 Å². The highest BCUT2D eigenvalue weighted by molar-refractivity contribution is 5.74. The maximum absolute atomic E-state index is 11.5. The van der Waals surface area contributed by atoms with Crippen LogP contribution < -0.4 is 0 Å². The summed E-state index contributed by atoms with van der Waals surface area (Å²) in [5.74, 6) is -0.605. The molecule has 4 nitrogen and oxygen atoms in total. The van der Waals surface area contributed by atoms with Crippen LogP contribution in [0.25, 0.3) is 0 Å². The van der Waals surface area contributed by atoms with E-state index in [9.17, 15) is 9.90 Å². The van der Waals surface area contributed by atoms with E-state index < -0.39 is 11.4 Å². The highest BCUT2D eigenvalue weighted by atomic mass is 16.5. The fraction of sp³-hybridized carbons (Fsp3) is 0.933. The molecule has 0 aromatic rings. The maximum Gasteiger partial charge on any atom is 0.309 e. The Morgan fingerprint density at radius 1 is 1.37 bits per heavy atom. The Hall–Kier alpha value is -0.610. The van der Waals surface area contributed by atoms with E-state index in [1.807, 2.05) is 0 Å². The second-order valence-corrected chi connectivity index (χ2v) is 6.39. The summed E-state index contributed by atoms with van der Waals surface area (Å²) in [6, 6.07) is 0. The van der Waals surface area contributed by atoms with E-state index in [0.717, 1.165) is 51.7 Å². The second-order valence-electron chi connectivity index (χ2n) is 6.39. The number of carboxylic acids is 1. The smallest absolute Gasteiger partial charge is 0.309 e. The third-order valence-electron chi connectivity index (χ3n) is 4.58. The van der Waals surface area contributed by atoms with Crippen molar-refractivity contribution in [2.75, 3.05) is 26.7 Å². The molecule has 1 N–H and O–H groups in total. The zero-order chi connectivity index (χ0) is 14.5. The van der Waals surface area contributed by atoms with Crippen LogP contribution in [0.3, 0.4) is 0 Å². The van der Waals surface area contributed by atoms with Gasteiger partial charge in [-0.1, -0.05) is 13.3 Å². The van der Waals surface area contributed by atoms with Crippen molar-refractivity contribution in [2.24, 2.45) is 5.41 Å². The Labute approximate surface area is 117 Å². The predicted octanol–water partition coefficient (Wildman–Crippen LogP) is 2.77. The fourth-order valence-electron chi connectivity index (χ4n) is 2.78. The molecule has 0 spiro atoms. The molecule has 0 unspecified atom stereocenters. The van der Waals surface area contributed by atoms with Gasteiger partial charge in [0.15, 0.2) is 0 Å². The Bertz CT molecular complexity index is 294. The molecule has 19 heavy (non-hydrogen) atoms. The first-order valence-corrected chi connectivity index (χ1v) is 7.36. The lowest BCUT2D eigenvalue weighted by molar-refractivity contribution is -0.152. The number of hydrogen-bond acceptors (Lipinski definition) is 3. The summed E-state index contributed by atoms with van der Waals surface area (Å²) >= 11 is 0. The van der Waals surface area contributed by atoms with Gasteiger partial charge in [-0.05, 0) is 52.6 Å². The van der Waals surface area contributed by atoms with Crippen LogP contribution in [0, 0.1) is 5.41 Å². The monoisotopic (exact) mass is 271 g/mol. The zero-order valence-electron chi connectivity index (χ0n) is 12.9. The van der Waals surface area contributed by atoms with Gasteiger partial charge in [-0.3, -0.25) is 4.79 Å². The van der Waals surface area contributed by atoms with Gasteiger partial charge in [-0.2, -0.15) is 0 Å². The SMILES string of the molecule is CCCC1(C(=O)O)CCN(CCC(C)(C)OC)CC1. The fourth-order valence-corrected chi connectivity index (χ4v) is 2.78. The van der Waals surface area contributed by atoms with E-state index in [1.165, 1.54) is 0 Å². The Morgan fingerprint density at radius 2 is 1.95 bits per heavy atom. The molecule has 0 aromatic heterocycles. The molecule has 0 aromatic carbocycles. The molecule has 0 amide bonds. The quantitative estimate of drug-likeness (QED) is 0.773. The van der Waals surface area contributed by atoms with Crippen LogP contribution in [0.4, 0.5) is 0 Å². The molecule has 0 atom stereocenters. The number of hydrogen-bond donors (Lipinski definition) is 1. The average molecular weight is 271 g/mol. The number of ether oxygens (including phenoxy) is 1. The number of nitrogens with zero attached hydrogens (tertiary/aromatic N) is 1. The van der Waals surface area contributed by atoms with Crippen molar-refractivity contribution in [1.82, 2.24) is 4.90 Å². The molecular formula is C15H29NO3. The molecule has 4 heteroatoms. The van der Waals surface area contributed by atoms with Crippen molar-refractivity contribution in [3.05, 3.63) is 0 Å². The topological polar surface area (TPSA) is 49.8 Å². The van der Waals surface area contributed by atoms with Gasteiger partial charge in [-0.25, -0.2) is 0 Å². The molecular weight excluding hydrogens is 242 g/mol. The number of carboxylic acid groups (broad SMARTS) is 1. The van der Waals surface area contributed by atoms with Crippen LogP contribution in [0.5, 0.6) is 0 Å². The number of piperidine rings is 1. The minimum Gasteiger partial charge on any atom is -0.481 e. The van der Waals surface area contributed by atoms with Gasteiger partial charge in [0.1, 0.15) is 0 Å². The average Bonchev–Trinajstić information content (AvgIpc) is 2.38. The van der Waals surface area contributed by atoms with E-state index in [2.05, 4.69) is 25.7 Å². The van der Waals surface area contributed by atoms with Crippen molar-refractivity contribution in [3.63, 3.8) is 0 Å². The van der Waals surface area contributed by atoms with E-state index in [0.29, 0.717) is 0 Å². The van der Waals surface area contributed by atoms with Gasteiger partial charge in [-0.15, -0.1) is 0 Å². The number of aliphatic carboxylic acids is 1. The summed E-state index contributed by atoms with van der Waals surface area (Å²) in [4.78, 5) is 13.9. The van der Waals surface area contributed by atoms with Crippen LogP contribution in [-0.2, 0) is 9.53 Å². The molecule has 1 heterocycles. The van der Waals surface area contributed by atoms with Gasteiger partial charge in [0, 0.05) is 13.7 Å². The van der Waals surface area contributed by atoms with E-state index in [1.54, 1.807) is 7.11 Å². The molecule has 1 rings (SSSR count). The summed E-state index contributed by atoms with van der Waals surface area (Å²) in [5.41, 5.74) is -0.563. The largest absolute Gasteiger partial charge is 0.481 e. The van der Waals surface area contributed by atoms with Gasteiger partial charge in [0.05, 0.1) is 11.0 Å². The van der Waals surface area contributed by atoms with E-state index in [4.69, 9.17) is 4.74 Å². The lowest BCUT2D eigenvalue weighted by Crippen LogP contribution is -2.45. The Kier molecular flexibility index (Phi) is 5.81. The molecule has 1 saturated heterocycles. The van der Waals surface area contributed by atoms with Crippen molar-refractivity contribution >= 4 is 5.97 Å². The van der Waals surface area contributed by atoms with Crippen LogP contribution in [0.15, 0.2) is 0 Å². The molecule has 0 aliphatic carbocycles. The highest BCUT2D eigenvalue weighted by Gasteiger charge is 2.40.